The molecule has 0 saturated heterocycles. The predicted molar refractivity (Wildman–Crippen MR) is 89.6 cm³/mol. The van der Waals surface area contributed by atoms with Crippen molar-refractivity contribution >= 4 is 21.4 Å². The lowest BCUT2D eigenvalue weighted by atomic mass is 10.1. The summed E-state index contributed by atoms with van der Waals surface area (Å²) in [6.45, 7) is 4.47. The van der Waals surface area contributed by atoms with Gasteiger partial charge in [0.05, 0.1) is 17.2 Å². The number of nitrogens with zero attached hydrogens (tertiary/aromatic N) is 1. The topological polar surface area (TPSA) is 78.6 Å². The number of hydrogen-bond donors (Lipinski definition) is 0. The molecule has 2 aromatic rings. The van der Waals surface area contributed by atoms with Crippen LogP contribution in [0.1, 0.15) is 22.6 Å². The van der Waals surface area contributed by atoms with E-state index in [-0.39, 0.29) is 11.5 Å². The summed E-state index contributed by atoms with van der Waals surface area (Å²) in [7, 11) is -3.34. The summed E-state index contributed by atoms with van der Waals surface area (Å²) < 4.78 is 40.9. The molecule has 2 heterocycles. The van der Waals surface area contributed by atoms with Crippen LogP contribution in [-0.4, -0.2) is 32.5 Å². The smallest absolute Gasteiger partial charge is 0.162 e. The second-order valence-electron chi connectivity index (χ2n) is 5.73. The van der Waals surface area contributed by atoms with Crippen LogP contribution < -0.4 is 9.47 Å². The van der Waals surface area contributed by atoms with Crippen molar-refractivity contribution in [3.8, 4) is 11.5 Å². The van der Waals surface area contributed by atoms with Crippen LogP contribution in [-0.2, 0) is 22.0 Å². The molecular formula is C16H18ClNO5S. The SMILES string of the molecule is Cc1noc(C)c1CCS(=O)(=O)Cc1cc2c(cc1Cl)OCCO2. The molecular weight excluding hydrogens is 354 g/mol. The van der Waals surface area contributed by atoms with Crippen LogP contribution in [0.5, 0.6) is 11.5 Å². The number of benzene rings is 1. The fraction of sp³-hybridized carbons (Fsp3) is 0.438. The van der Waals surface area contributed by atoms with Gasteiger partial charge < -0.3 is 14.0 Å². The number of aryl methyl sites for hydroxylation is 2. The maximum atomic E-state index is 12.5. The van der Waals surface area contributed by atoms with Gasteiger partial charge in [-0.15, -0.1) is 0 Å². The largest absolute Gasteiger partial charge is 0.486 e. The molecule has 130 valence electrons. The third kappa shape index (κ3) is 3.67. The van der Waals surface area contributed by atoms with E-state index < -0.39 is 9.84 Å². The monoisotopic (exact) mass is 371 g/mol. The average Bonchev–Trinajstić information content (AvgIpc) is 2.84. The minimum atomic E-state index is -3.34. The van der Waals surface area contributed by atoms with Crippen molar-refractivity contribution < 1.29 is 22.4 Å². The number of sulfone groups is 1. The number of aromatic nitrogens is 1. The van der Waals surface area contributed by atoms with E-state index in [9.17, 15) is 8.42 Å². The maximum absolute atomic E-state index is 12.5. The Kier molecular flexibility index (Phi) is 4.73. The first-order valence-electron chi connectivity index (χ1n) is 7.56. The maximum Gasteiger partial charge on any atom is 0.162 e. The summed E-state index contributed by atoms with van der Waals surface area (Å²) >= 11 is 6.19. The number of ether oxygens (including phenoxy) is 2. The van der Waals surface area contributed by atoms with Crippen molar-refractivity contribution in [2.75, 3.05) is 19.0 Å². The van der Waals surface area contributed by atoms with E-state index in [1.165, 1.54) is 0 Å². The molecule has 0 spiro atoms. The summed E-state index contributed by atoms with van der Waals surface area (Å²) in [5, 5.41) is 4.20. The highest BCUT2D eigenvalue weighted by Gasteiger charge is 2.21. The lowest BCUT2D eigenvalue weighted by molar-refractivity contribution is 0.171. The molecule has 1 aliphatic heterocycles. The molecule has 0 bridgehead atoms. The van der Waals surface area contributed by atoms with Gasteiger partial charge in [0.1, 0.15) is 19.0 Å². The van der Waals surface area contributed by atoms with E-state index in [0.29, 0.717) is 47.5 Å². The van der Waals surface area contributed by atoms with Gasteiger partial charge in [-0.1, -0.05) is 16.8 Å². The third-order valence-corrected chi connectivity index (χ3v) is 5.86. The van der Waals surface area contributed by atoms with Crippen molar-refractivity contribution in [3.05, 3.63) is 39.7 Å². The lowest BCUT2D eigenvalue weighted by Crippen LogP contribution is -2.16. The first-order valence-corrected chi connectivity index (χ1v) is 9.76. The van der Waals surface area contributed by atoms with Crippen molar-refractivity contribution in [2.24, 2.45) is 0 Å². The first-order chi connectivity index (χ1) is 11.4. The van der Waals surface area contributed by atoms with E-state index in [2.05, 4.69) is 5.16 Å². The second-order valence-corrected chi connectivity index (χ2v) is 8.32. The van der Waals surface area contributed by atoms with Gasteiger partial charge in [-0.25, -0.2) is 8.42 Å². The van der Waals surface area contributed by atoms with E-state index in [4.69, 9.17) is 25.6 Å². The van der Waals surface area contributed by atoms with E-state index in [1.807, 2.05) is 0 Å². The molecule has 6 nitrogen and oxygen atoms in total. The van der Waals surface area contributed by atoms with Crippen LogP contribution in [0.15, 0.2) is 16.7 Å². The van der Waals surface area contributed by atoms with Crippen molar-refractivity contribution in [3.63, 3.8) is 0 Å². The van der Waals surface area contributed by atoms with Crippen molar-refractivity contribution in [2.45, 2.75) is 26.0 Å². The zero-order chi connectivity index (χ0) is 17.3. The molecule has 24 heavy (non-hydrogen) atoms. The van der Waals surface area contributed by atoms with Crippen LogP contribution in [0.2, 0.25) is 5.02 Å². The number of halogens is 1. The van der Waals surface area contributed by atoms with Crippen LogP contribution >= 0.6 is 11.6 Å². The minimum Gasteiger partial charge on any atom is -0.486 e. The Morgan fingerprint density at radius 3 is 2.46 bits per heavy atom. The Morgan fingerprint density at radius 1 is 1.17 bits per heavy atom. The predicted octanol–water partition coefficient (Wildman–Crippen LogP) is 2.87. The Morgan fingerprint density at radius 2 is 1.83 bits per heavy atom. The molecule has 0 radical (unpaired) electrons. The van der Waals surface area contributed by atoms with E-state index in [1.54, 1.807) is 26.0 Å². The third-order valence-electron chi connectivity index (χ3n) is 3.93. The molecule has 0 aliphatic carbocycles. The summed E-state index contributed by atoms with van der Waals surface area (Å²) in [6, 6.07) is 3.25. The van der Waals surface area contributed by atoms with Crippen LogP contribution in [0, 0.1) is 13.8 Å². The first kappa shape index (κ1) is 17.1. The molecule has 0 fully saturated rings. The Labute approximate surface area is 145 Å². The zero-order valence-corrected chi connectivity index (χ0v) is 15.0. The molecule has 1 aromatic carbocycles. The van der Waals surface area contributed by atoms with Crippen molar-refractivity contribution in [1.29, 1.82) is 0 Å². The molecule has 0 N–H and O–H groups in total. The Bertz CT molecular complexity index is 840. The standard InChI is InChI=1S/C16H18ClNO5S/c1-10-13(11(2)23-18-10)3-6-24(19,20)9-12-7-15-16(8-14(12)17)22-5-4-21-15/h7-8H,3-6,9H2,1-2H3. The van der Waals surface area contributed by atoms with Crippen LogP contribution in [0.3, 0.4) is 0 Å². The summed E-state index contributed by atoms with van der Waals surface area (Å²) in [5.74, 6) is 1.58. The zero-order valence-electron chi connectivity index (χ0n) is 13.5. The summed E-state index contributed by atoms with van der Waals surface area (Å²) in [4.78, 5) is 0. The van der Waals surface area contributed by atoms with Crippen LogP contribution in [0.4, 0.5) is 0 Å². The van der Waals surface area contributed by atoms with E-state index >= 15 is 0 Å². The molecule has 0 saturated carbocycles. The fourth-order valence-electron chi connectivity index (χ4n) is 2.64. The van der Waals surface area contributed by atoms with Gasteiger partial charge in [-0.05, 0) is 31.9 Å². The fourth-order valence-corrected chi connectivity index (χ4v) is 4.31. The highest BCUT2D eigenvalue weighted by atomic mass is 35.5. The number of fused-ring (bicyclic) bond motifs is 1. The van der Waals surface area contributed by atoms with E-state index in [0.717, 1.165) is 11.3 Å². The lowest BCUT2D eigenvalue weighted by Gasteiger charge is -2.19. The number of rotatable bonds is 5. The average molecular weight is 372 g/mol. The molecule has 1 aliphatic rings. The van der Waals surface area contributed by atoms with Gasteiger partial charge in [0.15, 0.2) is 21.3 Å². The van der Waals surface area contributed by atoms with Gasteiger partial charge >= 0.3 is 0 Å². The van der Waals surface area contributed by atoms with Crippen molar-refractivity contribution in [1.82, 2.24) is 5.16 Å². The number of hydrogen-bond acceptors (Lipinski definition) is 6. The molecule has 8 heteroatoms. The highest BCUT2D eigenvalue weighted by Crippen LogP contribution is 2.36. The minimum absolute atomic E-state index is 0.000659. The van der Waals surface area contributed by atoms with Gasteiger partial charge in [0, 0.05) is 16.7 Å². The molecule has 0 atom stereocenters. The van der Waals surface area contributed by atoms with Gasteiger partial charge in [-0.2, -0.15) is 0 Å². The molecule has 1 aromatic heterocycles. The molecule has 0 unspecified atom stereocenters. The van der Waals surface area contributed by atoms with Gasteiger partial charge in [0.2, 0.25) is 0 Å². The van der Waals surface area contributed by atoms with Gasteiger partial charge in [-0.3, -0.25) is 0 Å². The normalized spacial score (nSPS) is 14.0. The van der Waals surface area contributed by atoms with Gasteiger partial charge in [0.25, 0.3) is 0 Å². The highest BCUT2D eigenvalue weighted by molar-refractivity contribution is 7.90. The molecule has 3 rings (SSSR count). The van der Waals surface area contributed by atoms with Crippen LogP contribution in [0.25, 0.3) is 0 Å². The summed E-state index contributed by atoms with van der Waals surface area (Å²) in [5.41, 5.74) is 2.08. The Balaban J connectivity index is 1.75. The summed E-state index contributed by atoms with van der Waals surface area (Å²) in [6.07, 6.45) is 0.367. The quantitative estimate of drug-likeness (QED) is 0.804. The molecule has 0 amide bonds. The second kappa shape index (κ2) is 6.64. The Hall–Kier alpha value is -1.73.